The Balaban J connectivity index is 1.46. The molecule has 35 heavy (non-hydrogen) atoms. The van der Waals surface area contributed by atoms with Gasteiger partial charge in [-0.05, 0) is 41.0 Å². The molecule has 0 spiro atoms. The van der Waals surface area contributed by atoms with E-state index in [1.54, 1.807) is 7.11 Å². The molecule has 180 valence electrons. The lowest BCUT2D eigenvalue weighted by atomic mass is 10.1. The maximum absolute atomic E-state index is 10.9. The molecule has 1 heterocycles. The van der Waals surface area contributed by atoms with Crippen molar-refractivity contribution in [1.82, 2.24) is 9.88 Å². The fourth-order valence-corrected chi connectivity index (χ4v) is 4.00. The van der Waals surface area contributed by atoms with Crippen LogP contribution < -0.4 is 9.47 Å². The van der Waals surface area contributed by atoms with Crippen molar-refractivity contribution in [2.75, 3.05) is 20.2 Å². The smallest absolute Gasteiger partial charge is 0.161 e. The molecule has 1 unspecified atom stereocenters. The average Bonchev–Trinajstić information content (AvgIpc) is 2.92. The third kappa shape index (κ3) is 7.41. The number of aliphatic hydroxyl groups is 1. The van der Waals surface area contributed by atoms with Crippen molar-refractivity contribution in [2.45, 2.75) is 25.7 Å². The summed E-state index contributed by atoms with van der Waals surface area (Å²) in [5.41, 5.74) is 4.15. The van der Waals surface area contributed by atoms with Gasteiger partial charge < -0.3 is 14.6 Å². The highest BCUT2D eigenvalue weighted by atomic mass is 16.5. The van der Waals surface area contributed by atoms with Crippen LogP contribution in [-0.2, 0) is 19.6 Å². The Hall–Kier alpha value is -3.67. The minimum atomic E-state index is -0.574. The van der Waals surface area contributed by atoms with Crippen LogP contribution in [0.1, 0.15) is 28.5 Å². The molecule has 3 aromatic carbocycles. The highest BCUT2D eigenvalue weighted by Crippen LogP contribution is 2.29. The normalized spacial score (nSPS) is 11.9. The van der Waals surface area contributed by atoms with Crippen molar-refractivity contribution in [3.05, 3.63) is 126 Å². The minimum Gasteiger partial charge on any atom is -0.493 e. The molecule has 0 saturated carbocycles. The van der Waals surface area contributed by atoms with E-state index in [0.717, 1.165) is 35.3 Å². The molecule has 1 N–H and O–H groups in total. The number of pyridine rings is 1. The lowest BCUT2D eigenvalue weighted by molar-refractivity contribution is 0.109. The summed E-state index contributed by atoms with van der Waals surface area (Å²) in [6.07, 6.45) is 2.05. The highest BCUT2D eigenvalue weighted by Gasteiger charge is 2.16. The van der Waals surface area contributed by atoms with Crippen molar-refractivity contribution in [3.8, 4) is 11.5 Å². The second-order valence-corrected chi connectivity index (χ2v) is 8.49. The van der Waals surface area contributed by atoms with Gasteiger partial charge in [-0.25, -0.2) is 0 Å². The number of hydrogen-bond donors (Lipinski definition) is 1. The Kier molecular flexibility index (Phi) is 8.87. The third-order valence-electron chi connectivity index (χ3n) is 5.90. The number of benzene rings is 3. The number of hydrogen-bond acceptors (Lipinski definition) is 5. The van der Waals surface area contributed by atoms with Gasteiger partial charge >= 0.3 is 0 Å². The van der Waals surface area contributed by atoms with Crippen molar-refractivity contribution in [1.29, 1.82) is 0 Å². The fourth-order valence-electron chi connectivity index (χ4n) is 4.00. The molecular formula is C30H32N2O3. The van der Waals surface area contributed by atoms with Crippen LogP contribution in [0.5, 0.6) is 11.5 Å². The maximum Gasteiger partial charge on any atom is 0.161 e. The molecule has 0 aliphatic heterocycles. The van der Waals surface area contributed by atoms with Crippen molar-refractivity contribution >= 4 is 0 Å². The monoisotopic (exact) mass is 468 g/mol. The molecule has 0 aliphatic rings. The zero-order valence-electron chi connectivity index (χ0n) is 20.1. The van der Waals surface area contributed by atoms with E-state index in [4.69, 9.17) is 9.47 Å². The Morgan fingerprint density at radius 2 is 1.57 bits per heavy atom. The standard InChI is InChI=1S/C30H32N2O3/c1-34-30-20-25(15-16-29(30)35-23-24-10-4-2-5-11-24)21-32(19-17-27-14-8-9-18-31-27)22-28(33)26-12-6-3-7-13-26/h2-16,18,20,28,33H,17,19,21-23H2,1H3. The zero-order chi connectivity index (χ0) is 24.3. The number of aliphatic hydroxyl groups excluding tert-OH is 1. The van der Waals surface area contributed by atoms with E-state index in [1.165, 1.54) is 0 Å². The summed E-state index contributed by atoms with van der Waals surface area (Å²) in [6.45, 7) is 2.45. The summed E-state index contributed by atoms with van der Waals surface area (Å²) in [4.78, 5) is 6.71. The molecule has 0 aliphatic carbocycles. The quantitative estimate of drug-likeness (QED) is 0.300. The predicted molar refractivity (Wildman–Crippen MR) is 138 cm³/mol. The second-order valence-electron chi connectivity index (χ2n) is 8.49. The summed E-state index contributed by atoms with van der Waals surface area (Å²) >= 11 is 0. The molecule has 0 radical (unpaired) electrons. The lowest BCUT2D eigenvalue weighted by Crippen LogP contribution is -2.30. The molecule has 0 amide bonds. The molecule has 4 aromatic rings. The Labute approximate surface area is 207 Å². The summed E-state index contributed by atoms with van der Waals surface area (Å²) in [5.74, 6) is 1.41. The van der Waals surface area contributed by atoms with Gasteiger partial charge in [-0.3, -0.25) is 9.88 Å². The Morgan fingerprint density at radius 1 is 0.829 bits per heavy atom. The first-order valence-electron chi connectivity index (χ1n) is 11.9. The predicted octanol–water partition coefficient (Wildman–Crippen LogP) is 5.45. The van der Waals surface area contributed by atoms with Crippen molar-refractivity contribution in [3.63, 3.8) is 0 Å². The van der Waals surface area contributed by atoms with E-state index >= 15 is 0 Å². The van der Waals surface area contributed by atoms with Crippen LogP contribution in [-0.4, -0.2) is 35.2 Å². The van der Waals surface area contributed by atoms with Crippen LogP contribution in [0.25, 0.3) is 0 Å². The Morgan fingerprint density at radius 3 is 2.29 bits per heavy atom. The SMILES string of the molecule is COc1cc(CN(CCc2ccccn2)CC(O)c2ccccc2)ccc1OCc1ccccc1. The van der Waals surface area contributed by atoms with Crippen molar-refractivity contribution in [2.24, 2.45) is 0 Å². The number of rotatable bonds is 12. The van der Waals surface area contributed by atoms with E-state index in [2.05, 4.69) is 16.0 Å². The van der Waals surface area contributed by atoms with Crippen LogP contribution in [0.3, 0.4) is 0 Å². The largest absolute Gasteiger partial charge is 0.493 e. The maximum atomic E-state index is 10.9. The highest BCUT2D eigenvalue weighted by molar-refractivity contribution is 5.43. The summed E-state index contributed by atoms with van der Waals surface area (Å²) in [5, 5.41) is 10.9. The first-order chi connectivity index (χ1) is 17.2. The second kappa shape index (κ2) is 12.7. The van der Waals surface area contributed by atoms with Crippen molar-refractivity contribution < 1.29 is 14.6 Å². The van der Waals surface area contributed by atoms with Gasteiger partial charge in [0.05, 0.1) is 13.2 Å². The molecule has 4 rings (SSSR count). The van der Waals surface area contributed by atoms with Crippen LogP contribution in [0.2, 0.25) is 0 Å². The third-order valence-corrected chi connectivity index (χ3v) is 5.90. The Bertz CT molecular complexity index is 1150. The number of methoxy groups -OCH3 is 1. The molecule has 0 saturated heterocycles. The van der Waals surface area contributed by atoms with Crippen LogP contribution in [0.15, 0.2) is 103 Å². The molecule has 0 fully saturated rings. The summed E-state index contributed by atoms with van der Waals surface area (Å²) < 4.78 is 11.6. The van der Waals surface area contributed by atoms with Crippen LogP contribution >= 0.6 is 0 Å². The molecule has 5 heteroatoms. The molecule has 5 nitrogen and oxygen atoms in total. The molecular weight excluding hydrogens is 436 g/mol. The minimum absolute atomic E-state index is 0.482. The number of nitrogens with zero attached hydrogens (tertiary/aromatic N) is 2. The zero-order valence-corrected chi connectivity index (χ0v) is 20.1. The van der Waals surface area contributed by atoms with Gasteiger partial charge in [0.2, 0.25) is 0 Å². The van der Waals surface area contributed by atoms with Gasteiger partial charge in [0.15, 0.2) is 11.5 Å². The fraction of sp³-hybridized carbons (Fsp3) is 0.233. The van der Waals surface area contributed by atoms with Crippen LogP contribution in [0.4, 0.5) is 0 Å². The topological polar surface area (TPSA) is 54.8 Å². The molecule has 1 atom stereocenters. The van der Waals surface area contributed by atoms with Gasteiger partial charge in [-0.2, -0.15) is 0 Å². The molecule has 0 bridgehead atoms. The van der Waals surface area contributed by atoms with E-state index in [1.807, 2.05) is 97.2 Å². The van der Waals surface area contributed by atoms with E-state index < -0.39 is 6.10 Å². The first kappa shape index (κ1) is 24.5. The van der Waals surface area contributed by atoms with E-state index in [0.29, 0.717) is 31.2 Å². The number of ether oxygens (including phenoxy) is 2. The molecule has 1 aromatic heterocycles. The van der Waals surface area contributed by atoms with Gasteiger partial charge in [0.25, 0.3) is 0 Å². The summed E-state index contributed by atoms with van der Waals surface area (Å²) in [7, 11) is 1.66. The van der Waals surface area contributed by atoms with Crippen LogP contribution in [0, 0.1) is 0 Å². The number of aromatic nitrogens is 1. The van der Waals surface area contributed by atoms with Gasteiger partial charge in [-0.15, -0.1) is 0 Å². The summed E-state index contributed by atoms with van der Waals surface area (Å²) in [6, 6.07) is 31.9. The van der Waals surface area contributed by atoms with Gasteiger partial charge in [0, 0.05) is 37.9 Å². The average molecular weight is 469 g/mol. The lowest BCUT2D eigenvalue weighted by Gasteiger charge is -2.26. The first-order valence-corrected chi connectivity index (χ1v) is 11.9. The van der Waals surface area contributed by atoms with E-state index in [-0.39, 0.29) is 0 Å². The van der Waals surface area contributed by atoms with E-state index in [9.17, 15) is 5.11 Å². The van der Waals surface area contributed by atoms with Gasteiger partial charge in [0.1, 0.15) is 6.61 Å². The van der Waals surface area contributed by atoms with Gasteiger partial charge in [-0.1, -0.05) is 72.8 Å².